The van der Waals surface area contributed by atoms with E-state index < -0.39 is 0 Å². The van der Waals surface area contributed by atoms with E-state index >= 15 is 0 Å². The molecule has 2 N–H and O–H groups in total. The molecule has 4 rings (SSSR count). The number of nitrogens with one attached hydrogen (secondary N) is 2. The number of fused-ring (bicyclic) bond motifs is 1. The van der Waals surface area contributed by atoms with Crippen molar-refractivity contribution in [3.63, 3.8) is 0 Å². The van der Waals surface area contributed by atoms with Gasteiger partial charge in [0.25, 0.3) is 5.56 Å². The second-order valence-corrected chi connectivity index (χ2v) is 8.28. The van der Waals surface area contributed by atoms with E-state index in [0.29, 0.717) is 15.8 Å². The number of nitrogens with zero attached hydrogens (tertiary/aromatic N) is 3. The third kappa shape index (κ3) is 3.79. The normalized spacial score (nSPS) is 11.1. The van der Waals surface area contributed by atoms with E-state index in [1.54, 1.807) is 6.20 Å². The van der Waals surface area contributed by atoms with Crippen molar-refractivity contribution in [3.05, 3.63) is 68.6 Å². The number of hydrogen-bond acceptors (Lipinski definition) is 5. The maximum absolute atomic E-state index is 12.7. The molecule has 3 heterocycles. The molecule has 0 unspecified atom stereocenters. The number of rotatable bonds is 5. The highest BCUT2D eigenvalue weighted by Crippen LogP contribution is 2.25. The molecular formula is C20H19N5O2S2. The zero-order valence-electron chi connectivity index (χ0n) is 15.9. The predicted molar refractivity (Wildman–Crippen MR) is 118 cm³/mol. The Labute approximate surface area is 175 Å². The van der Waals surface area contributed by atoms with Gasteiger partial charge in [0.05, 0.1) is 11.7 Å². The van der Waals surface area contributed by atoms with Crippen LogP contribution in [0.25, 0.3) is 15.9 Å². The Balaban J connectivity index is 1.47. The average Bonchev–Trinajstić information content (AvgIpc) is 3.25. The second kappa shape index (κ2) is 7.76. The lowest BCUT2D eigenvalue weighted by molar-refractivity contribution is -0.116. The van der Waals surface area contributed by atoms with Crippen LogP contribution in [0, 0.1) is 18.6 Å². The van der Waals surface area contributed by atoms with E-state index in [9.17, 15) is 9.59 Å². The van der Waals surface area contributed by atoms with Gasteiger partial charge in [-0.3, -0.25) is 18.7 Å². The number of benzene rings is 1. The molecule has 29 heavy (non-hydrogen) atoms. The number of imidazole rings is 1. The van der Waals surface area contributed by atoms with Gasteiger partial charge in [0.15, 0.2) is 4.77 Å². The predicted octanol–water partition coefficient (Wildman–Crippen LogP) is 3.95. The fourth-order valence-electron chi connectivity index (χ4n) is 3.13. The minimum Gasteiger partial charge on any atom is -0.337 e. The lowest BCUT2D eigenvalue weighted by atomic mass is 10.2. The molecule has 4 aromatic rings. The molecule has 0 atom stereocenters. The molecule has 0 saturated carbocycles. The summed E-state index contributed by atoms with van der Waals surface area (Å²) in [6.45, 7) is 4.18. The van der Waals surface area contributed by atoms with E-state index in [4.69, 9.17) is 12.2 Å². The summed E-state index contributed by atoms with van der Waals surface area (Å²) in [5.74, 6) is -0.176. The van der Waals surface area contributed by atoms with Crippen molar-refractivity contribution in [3.8, 4) is 5.69 Å². The molecule has 7 nitrogen and oxygen atoms in total. The fraction of sp³-hybridized carbons (Fsp3) is 0.200. The number of H-pyrrole nitrogens is 1. The average molecular weight is 426 g/mol. The highest BCUT2D eigenvalue weighted by atomic mass is 32.1. The summed E-state index contributed by atoms with van der Waals surface area (Å²) in [5.41, 5.74) is 2.37. The van der Waals surface area contributed by atoms with E-state index in [1.165, 1.54) is 22.2 Å². The summed E-state index contributed by atoms with van der Waals surface area (Å²) >= 11 is 6.75. The van der Waals surface area contributed by atoms with Crippen LogP contribution in [0.15, 0.2) is 47.8 Å². The number of hydrogen-bond donors (Lipinski definition) is 2. The Kier molecular flexibility index (Phi) is 5.16. The van der Waals surface area contributed by atoms with Gasteiger partial charge in [0.1, 0.15) is 4.83 Å². The van der Waals surface area contributed by atoms with Gasteiger partial charge in [-0.15, -0.1) is 11.3 Å². The first kappa shape index (κ1) is 19.3. The number of thiophene rings is 1. The van der Waals surface area contributed by atoms with Gasteiger partial charge in [-0.05, 0) is 49.8 Å². The van der Waals surface area contributed by atoms with Crippen LogP contribution in [0.5, 0.6) is 0 Å². The van der Waals surface area contributed by atoms with E-state index in [2.05, 4.69) is 15.3 Å². The van der Waals surface area contributed by atoms with Crippen LogP contribution >= 0.6 is 23.6 Å². The molecule has 0 bridgehead atoms. The molecule has 0 spiro atoms. The second-order valence-electron chi connectivity index (χ2n) is 6.69. The molecule has 0 radical (unpaired) electrons. The van der Waals surface area contributed by atoms with Crippen LogP contribution in [0.3, 0.4) is 0 Å². The largest absolute Gasteiger partial charge is 0.337 e. The number of aromatic nitrogens is 4. The van der Waals surface area contributed by atoms with Gasteiger partial charge in [-0.2, -0.15) is 0 Å². The summed E-state index contributed by atoms with van der Waals surface area (Å²) in [6, 6.07) is 7.42. The highest BCUT2D eigenvalue weighted by Gasteiger charge is 2.13. The van der Waals surface area contributed by atoms with Crippen LogP contribution in [-0.2, 0) is 11.3 Å². The molecule has 0 aliphatic rings. The standard InChI is InChI=1S/C20H19N5O2S2/c1-12-13(2)29-18-17(12)19(27)24(11-22-18)8-6-16(26)23-14-4-3-5-15(10-14)25-9-7-21-20(25)28/h3-5,7,9-11H,6,8H2,1-2H3,(H,21,28)(H,23,26). The van der Waals surface area contributed by atoms with Crippen LogP contribution in [0.4, 0.5) is 5.69 Å². The zero-order chi connectivity index (χ0) is 20.5. The Morgan fingerprint density at radius 1 is 1.34 bits per heavy atom. The minimum absolute atomic E-state index is 0.103. The molecule has 0 aliphatic heterocycles. The van der Waals surface area contributed by atoms with Gasteiger partial charge in [-0.25, -0.2) is 4.98 Å². The first-order chi connectivity index (χ1) is 13.9. The number of amides is 1. The third-order valence-corrected chi connectivity index (χ3v) is 6.22. The summed E-state index contributed by atoms with van der Waals surface area (Å²) in [4.78, 5) is 34.3. The molecule has 0 saturated heterocycles. The van der Waals surface area contributed by atoms with E-state index in [0.717, 1.165) is 21.0 Å². The molecule has 3 aromatic heterocycles. The van der Waals surface area contributed by atoms with Crippen LogP contribution in [0.1, 0.15) is 16.9 Å². The SMILES string of the molecule is Cc1sc2ncn(CCC(=O)Nc3cccc(-n4cc[nH]c4=S)c3)c(=O)c2c1C. The molecule has 0 fully saturated rings. The minimum atomic E-state index is -0.176. The summed E-state index contributed by atoms with van der Waals surface area (Å²) < 4.78 is 3.89. The number of carbonyl (C=O) groups is 1. The Hall–Kier alpha value is -3.04. The number of aryl methyl sites for hydroxylation is 3. The Bertz CT molecular complexity index is 1330. The molecule has 148 valence electrons. The van der Waals surface area contributed by atoms with Crippen molar-refractivity contribution in [2.75, 3.05) is 5.32 Å². The summed E-state index contributed by atoms with van der Waals surface area (Å²) in [6.07, 6.45) is 5.27. The van der Waals surface area contributed by atoms with Gasteiger partial charge in [0, 0.05) is 41.6 Å². The quantitative estimate of drug-likeness (QED) is 0.474. The number of aromatic amines is 1. The number of anilines is 1. The highest BCUT2D eigenvalue weighted by molar-refractivity contribution is 7.71. The molecule has 1 aromatic carbocycles. The first-order valence-electron chi connectivity index (χ1n) is 9.05. The van der Waals surface area contributed by atoms with E-state index in [1.807, 2.05) is 48.9 Å². The van der Waals surface area contributed by atoms with Gasteiger partial charge >= 0.3 is 0 Å². The third-order valence-electron chi connectivity index (χ3n) is 4.79. The van der Waals surface area contributed by atoms with Crippen molar-refractivity contribution >= 4 is 45.4 Å². The summed E-state index contributed by atoms with van der Waals surface area (Å²) in [5, 5.41) is 3.52. The lowest BCUT2D eigenvalue weighted by Crippen LogP contribution is -2.23. The van der Waals surface area contributed by atoms with Gasteiger partial charge in [0.2, 0.25) is 5.91 Å². The van der Waals surface area contributed by atoms with Crippen molar-refractivity contribution in [2.45, 2.75) is 26.8 Å². The Morgan fingerprint density at radius 3 is 2.93 bits per heavy atom. The lowest BCUT2D eigenvalue weighted by Gasteiger charge is -2.09. The van der Waals surface area contributed by atoms with Crippen molar-refractivity contribution < 1.29 is 4.79 Å². The van der Waals surface area contributed by atoms with Crippen LogP contribution in [0.2, 0.25) is 0 Å². The summed E-state index contributed by atoms with van der Waals surface area (Å²) in [7, 11) is 0. The van der Waals surface area contributed by atoms with Crippen molar-refractivity contribution in [2.24, 2.45) is 0 Å². The van der Waals surface area contributed by atoms with Crippen molar-refractivity contribution in [1.82, 2.24) is 19.1 Å². The maximum atomic E-state index is 12.7. The fourth-order valence-corrected chi connectivity index (χ4v) is 4.35. The number of carbonyl (C=O) groups excluding carboxylic acids is 1. The maximum Gasteiger partial charge on any atom is 0.262 e. The van der Waals surface area contributed by atoms with Gasteiger partial charge < -0.3 is 10.3 Å². The zero-order valence-corrected chi connectivity index (χ0v) is 17.6. The molecule has 9 heteroatoms. The Morgan fingerprint density at radius 2 is 2.17 bits per heavy atom. The van der Waals surface area contributed by atoms with Gasteiger partial charge in [-0.1, -0.05) is 6.07 Å². The van der Waals surface area contributed by atoms with E-state index in [-0.39, 0.29) is 24.4 Å². The first-order valence-corrected chi connectivity index (χ1v) is 10.3. The topological polar surface area (TPSA) is 84.7 Å². The van der Waals surface area contributed by atoms with Crippen molar-refractivity contribution in [1.29, 1.82) is 0 Å². The molecular weight excluding hydrogens is 406 g/mol. The molecule has 0 aliphatic carbocycles. The molecule has 1 amide bonds. The smallest absolute Gasteiger partial charge is 0.262 e. The van der Waals surface area contributed by atoms with Crippen LogP contribution < -0.4 is 10.9 Å². The monoisotopic (exact) mass is 425 g/mol. The van der Waals surface area contributed by atoms with Crippen LogP contribution in [-0.4, -0.2) is 25.0 Å².